The maximum absolute atomic E-state index is 13.2. The van der Waals surface area contributed by atoms with Crippen LogP contribution in [0.25, 0.3) is 11.1 Å². The summed E-state index contributed by atoms with van der Waals surface area (Å²) >= 11 is 2.54. The Balaban J connectivity index is 1.52. The number of benzene rings is 1. The SMILES string of the molecule is CC(C)=CC(=O)Nc1scc(-c2ccccc2)c1C(=O)OCC(=O)Nc1sc2c(c1C(N)=O)CCCC2. The van der Waals surface area contributed by atoms with E-state index in [4.69, 9.17) is 10.5 Å². The zero-order valence-electron chi connectivity index (χ0n) is 20.5. The molecule has 4 N–H and O–H groups in total. The standard InChI is InChI=1S/C27H27N3O5S2/c1-15(2)12-20(31)29-25-23(18(14-36-25)16-8-4-3-5-9-16)27(34)35-13-21(32)30-26-22(24(28)33)17-10-6-7-11-19(17)37-26/h3-5,8-9,12,14H,6-7,10-11,13H2,1-2H3,(H2,28,33)(H,29,31)(H,30,32). The molecule has 4 rings (SSSR count). The van der Waals surface area contributed by atoms with E-state index in [9.17, 15) is 19.2 Å². The van der Waals surface area contributed by atoms with E-state index in [1.54, 1.807) is 19.2 Å². The minimum atomic E-state index is -0.747. The third kappa shape index (κ3) is 6.15. The topological polar surface area (TPSA) is 128 Å². The summed E-state index contributed by atoms with van der Waals surface area (Å²) in [6.45, 7) is 3.03. The minimum absolute atomic E-state index is 0.170. The van der Waals surface area contributed by atoms with Crippen LogP contribution in [0, 0.1) is 0 Å². The summed E-state index contributed by atoms with van der Waals surface area (Å²) < 4.78 is 5.37. The van der Waals surface area contributed by atoms with Gasteiger partial charge in [0.1, 0.15) is 15.6 Å². The predicted molar refractivity (Wildman–Crippen MR) is 146 cm³/mol. The van der Waals surface area contributed by atoms with E-state index in [1.807, 2.05) is 30.3 Å². The molecule has 0 fully saturated rings. The van der Waals surface area contributed by atoms with Gasteiger partial charge < -0.3 is 21.1 Å². The number of nitrogens with two attached hydrogens (primary N) is 1. The highest BCUT2D eigenvalue weighted by Crippen LogP contribution is 2.38. The number of hydrogen-bond acceptors (Lipinski definition) is 7. The number of ether oxygens (including phenoxy) is 1. The van der Waals surface area contributed by atoms with E-state index < -0.39 is 24.4 Å². The molecule has 3 amide bonds. The van der Waals surface area contributed by atoms with Crippen molar-refractivity contribution in [1.29, 1.82) is 0 Å². The van der Waals surface area contributed by atoms with Crippen molar-refractivity contribution in [3.05, 3.63) is 68.9 Å². The fourth-order valence-corrected chi connectivity index (χ4v) is 6.44. The van der Waals surface area contributed by atoms with Crippen molar-refractivity contribution in [3.8, 4) is 11.1 Å². The van der Waals surface area contributed by atoms with Gasteiger partial charge in [-0.25, -0.2) is 4.79 Å². The zero-order valence-corrected chi connectivity index (χ0v) is 22.1. The van der Waals surface area contributed by atoms with Gasteiger partial charge in [-0.05, 0) is 50.7 Å². The van der Waals surface area contributed by atoms with Crippen LogP contribution >= 0.6 is 22.7 Å². The van der Waals surface area contributed by atoms with Gasteiger partial charge in [-0.15, -0.1) is 22.7 Å². The smallest absolute Gasteiger partial charge is 0.342 e. The number of carbonyl (C=O) groups excluding carboxylic acids is 4. The van der Waals surface area contributed by atoms with E-state index >= 15 is 0 Å². The molecule has 0 saturated carbocycles. The number of fused-ring (bicyclic) bond motifs is 1. The molecule has 0 bridgehead atoms. The van der Waals surface area contributed by atoms with Crippen molar-refractivity contribution in [2.24, 2.45) is 5.73 Å². The molecule has 0 spiro atoms. The van der Waals surface area contributed by atoms with Gasteiger partial charge in [-0.1, -0.05) is 35.9 Å². The Labute approximate surface area is 222 Å². The predicted octanol–water partition coefficient (Wildman–Crippen LogP) is 5.15. The molecule has 0 aliphatic heterocycles. The summed E-state index contributed by atoms with van der Waals surface area (Å²) in [6, 6.07) is 9.23. The quantitative estimate of drug-likeness (QED) is 0.270. The van der Waals surface area contributed by atoms with Gasteiger partial charge in [0.05, 0.1) is 5.56 Å². The lowest BCUT2D eigenvalue weighted by molar-refractivity contribution is -0.119. The molecule has 1 aromatic carbocycles. The zero-order chi connectivity index (χ0) is 26.5. The number of amides is 3. The van der Waals surface area contributed by atoms with Gasteiger partial charge in [0, 0.05) is 21.9 Å². The van der Waals surface area contributed by atoms with Crippen LogP contribution in [-0.4, -0.2) is 30.3 Å². The maximum atomic E-state index is 13.2. The van der Waals surface area contributed by atoms with Gasteiger partial charge in [0.25, 0.3) is 11.8 Å². The van der Waals surface area contributed by atoms with Crippen LogP contribution in [-0.2, 0) is 27.2 Å². The molecule has 0 radical (unpaired) electrons. The largest absolute Gasteiger partial charge is 0.452 e. The third-order valence-electron chi connectivity index (χ3n) is 5.74. The van der Waals surface area contributed by atoms with Gasteiger partial charge in [-0.3, -0.25) is 14.4 Å². The fraction of sp³-hybridized carbons (Fsp3) is 0.259. The van der Waals surface area contributed by atoms with E-state index in [2.05, 4.69) is 10.6 Å². The Morgan fingerprint density at radius 2 is 1.73 bits per heavy atom. The highest BCUT2D eigenvalue weighted by molar-refractivity contribution is 7.17. The number of carbonyl (C=O) groups is 4. The molecule has 1 aliphatic rings. The van der Waals surface area contributed by atoms with Gasteiger partial charge in [-0.2, -0.15) is 0 Å². The second kappa shape index (κ2) is 11.5. The number of rotatable bonds is 8. The van der Waals surface area contributed by atoms with Crippen LogP contribution in [0.15, 0.2) is 47.4 Å². The monoisotopic (exact) mass is 537 g/mol. The summed E-state index contributed by atoms with van der Waals surface area (Å²) in [4.78, 5) is 51.4. The van der Waals surface area contributed by atoms with Crippen LogP contribution in [0.4, 0.5) is 10.0 Å². The molecule has 8 nitrogen and oxygen atoms in total. The molecule has 192 valence electrons. The van der Waals surface area contributed by atoms with Crippen molar-refractivity contribution >= 4 is 56.4 Å². The number of thiophene rings is 2. The van der Waals surface area contributed by atoms with Crippen molar-refractivity contribution < 1.29 is 23.9 Å². The summed E-state index contributed by atoms with van der Waals surface area (Å²) in [5, 5.41) is 7.91. The Kier molecular flexibility index (Phi) is 8.20. The first kappa shape index (κ1) is 26.3. The van der Waals surface area contributed by atoms with Crippen LogP contribution in [0.1, 0.15) is 57.8 Å². The van der Waals surface area contributed by atoms with E-state index in [0.717, 1.165) is 47.3 Å². The van der Waals surface area contributed by atoms with Crippen molar-refractivity contribution in [1.82, 2.24) is 0 Å². The Morgan fingerprint density at radius 3 is 2.43 bits per heavy atom. The molecule has 0 saturated heterocycles. The summed E-state index contributed by atoms with van der Waals surface area (Å²) in [5.41, 5.74) is 9.18. The Bertz CT molecular complexity index is 1380. The second-order valence-corrected chi connectivity index (χ2v) is 10.8. The van der Waals surface area contributed by atoms with Crippen LogP contribution in [0.2, 0.25) is 0 Å². The van der Waals surface area contributed by atoms with E-state index in [-0.39, 0.29) is 11.5 Å². The number of aryl methyl sites for hydroxylation is 1. The molecular formula is C27H27N3O5S2. The Hall–Kier alpha value is -3.76. The molecule has 2 heterocycles. The number of hydrogen-bond donors (Lipinski definition) is 3. The Morgan fingerprint density at radius 1 is 1.00 bits per heavy atom. The maximum Gasteiger partial charge on any atom is 0.342 e. The van der Waals surface area contributed by atoms with Gasteiger partial charge >= 0.3 is 5.97 Å². The molecule has 2 aromatic heterocycles. The number of nitrogens with one attached hydrogen (secondary N) is 2. The first-order chi connectivity index (χ1) is 17.7. The van der Waals surface area contributed by atoms with Crippen LogP contribution in [0.5, 0.6) is 0 Å². The number of anilines is 2. The summed E-state index contributed by atoms with van der Waals surface area (Å²) in [5.74, 6) is -2.28. The first-order valence-electron chi connectivity index (χ1n) is 11.8. The molecular weight excluding hydrogens is 510 g/mol. The highest BCUT2D eigenvalue weighted by atomic mass is 32.1. The molecule has 0 unspecified atom stereocenters. The average molecular weight is 538 g/mol. The third-order valence-corrected chi connectivity index (χ3v) is 7.84. The average Bonchev–Trinajstić information content (AvgIpc) is 3.43. The first-order valence-corrected chi connectivity index (χ1v) is 13.5. The summed E-state index contributed by atoms with van der Waals surface area (Å²) in [7, 11) is 0. The molecule has 0 atom stereocenters. The van der Waals surface area contributed by atoms with Crippen molar-refractivity contribution in [2.75, 3.05) is 17.2 Å². The van der Waals surface area contributed by atoms with E-state index in [0.29, 0.717) is 21.1 Å². The lowest BCUT2D eigenvalue weighted by Crippen LogP contribution is -2.23. The molecule has 10 heteroatoms. The second-order valence-electron chi connectivity index (χ2n) is 8.83. The van der Waals surface area contributed by atoms with E-state index in [1.165, 1.54) is 28.7 Å². The number of primary amides is 1. The van der Waals surface area contributed by atoms with Gasteiger partial charge in [0.15, 0.2) is 6.61 Å². The summed E-state index contributed by atoms with van der Waals surface area (Å²) in [6.07, 6.45) is 5.00. The lowest BCUT2D eigenvalue weighted by atomic mass is 9.95. The van der Waals surface area contributed by atoms with Gasteiger partial charge in [0.2, 0.25) is 5.91 Å². The molecule has 1 aliphatic carbocycles. The van der Waals surface area contributed by atoms with Crippen LogP contribution in [0.3, 0.4) is 0 Å². The number of allylic oxidation sites excluding steroid dienone is 1. The normalized spacial score (nSPS) is 12.3. The minimum Gasteiger partial charge on any atom is -0.452 e. The molecule has 37 heavy (non-hydrogen) atoms. The molecule has 3 aromatic rings. The fourth-order valence-electron chi connectivity index (χ4n) is 4.17. The van der Waals surface area contributed by atoms with Crippen LogP contribution < -0.4 is 16.4 Å². The lowest BCUT2D eigenvalue weighted by Gasteiger charge is -2.11. The van der Waals surface area contributed by atoms with Crippen molar-refractivity contribution in [3.63, 3.8) is 0 Å². The number of esters is 1. The highest BCUT2D eigenvalue weighted by Gasteiger charge is 2.26. The van der Waals surface area contributed by atoms with Crippen molar-refractivity contribution in [2.45, 2.75) is 39.5 Å².